The Morgan fingerprint density at radius 2 is 1.81 bits per heavy atom. The molecule has 1 fully saturated rings. The number of urea groups is 1. The van der Waals surface area contributed by atoms with Gasteiger partial charge in [0.25, 0.3) is 5.91 Å². The highest BCUT2D eigenvalue weighted by Gasteiger charge is 2.52. The van der Waals surface area contributed by atoms with E-state index in [1.54, 1.807) is 6.92 Å². The Morgan fingerprint density at radius 1 is 1.22 bits per heavy atom. The van der Waals surface area contributed by atoms with E-state index in [0.717, 1.165) is 23.3 Å². The molecule has 2 rings (SSSR count). The van der Waals surface area contributed by atoms with Gasteiger partial charge in [-0.25, -0.2) is 14.5 Å². The van der Waals surface area contributed by atoms with E-state index in [4.69, 9.17) is 4.74 Å². The van der Waals surface area contributed by atoms with Crippen molar-refractivity contribution in [1.29, 1.82) is 0 Å². The number of nitrogens with zero attached hydrogens (tertiary/aromatic N) is 1. The van der Waals surface area contributed by atoms with E-state index in [2.05, 4.69) is 26.1 Å². The van der Waals surface area contributed by atoms with E-state index in [1.807, 2.05) is 31.2 Å². The number of rotatable bonds is 6. The van der Waals surface area contributed by atoms with Gasteiger partial charge >= 0.3 is 12.0 Å². The number of benzene rings is 1. The average molecular weight is 374 g/mol. The summed E-state index contributed by atoms with van der Waals surface area (Å²) in [4.78, 5) is 38.7. The summed E-state index contributed by atoms with van der Waals surface area (Å²) in [5.41, 5.74) is 0.607. The van der Waals surface area contributed by atoms with Crippen molar-refractivity contribution in [2.45, 2.75) is 71.4 Å². The van der Waals surface area contributed by atoms with E-state index >= 15 is 0 Å². The summed E-state index contributed by atoms with van der Waals surface area (Å²) in [7, 11) is 0. The van der Waals surface area contributed by atoms with Gasteiger partial charge in [0.2, 0.25) is 0 Å². The minimum atomic E-state index is -1.20. The molecule has 0 aromatic heterocycles. The number of ether oxygens (including phenoxy) is 1. The van der Waals surface area contributed by atoms with Crippen molar-refractivity contribution >= 4 is 17.9 Å². The summed E-state index contributed by atoms with van der Waals surface area (Å²) in [5.74, 6) is -1.02. The van der Waals surface area contributed by atoms with Crippen LogP contribution in [-0.2, 0) is 25.3 Å². The van der Waals surface area contributed by atoms with Crippen molar-refractivity contribution in [3.05, 3.63) is 35.4 Å². The van der Waals surface area contributed by atoms with Crippen LogP contribution in [0.5, 0.6) is 0 Å². The topological polar surface area (TPSA) is 75.7 Å². The van der Waals surface area contributed by atoms with Crippen LogP contribution < -0.4 is 5.32 Å². The molecule has 1 saturated heterocycles. The number of amides is 3. The van der Waals surface area contributed by atoms with Gasteiger partial charge in [0.05, 0.1) is 6.61 Å². The second-order valence-corrected chi connectivity index (χ2v) is 8.25. The fourth-order valence-electron chi connectivity index (χ4n) is 3.05. The highest BCUT2D eigenvalue weighted by Crippen LogP contribution is 2.32. The van der Waals surface area contributed by atoms with Crippen molar-refractivity contribution in [2.75, 3.05) is 6.61 Å². The fourth-order valence-corrected chi connectivity index (χ4v) is 3.05. The largest absolute Gasteiger partial charge is 0.464 e. The molecule has 6 nitrogen and oxygen atoms in total. The molecule has 148 valence electrons. The van der Waals surface area contributed by atoms with Crippen LogP contribution >= 0.6 is 0 Å². The minimum absolute atomic E-state index is 0.00877. The Balaban J connectivity index is 2.22. The zero-order valence-electron chi connectivity index (χ0n) is 17.1. The summed E-state index contributed by atoms with van der Waals surface area (Å²) in [6.45, 7) is 11.8. The maximum Gasteiger partial charge on any atom is 0.329 e. The van der Waals surface area contributed by atoms with E-state index < -0.39 is 29.5 Å². The second kappa shape index (κ2) is 7.71. The zero-order valence-corrected chi connectivity index (χ0v) is 17.1. The molecule has 1 aliphatic rings. The van der Waals surface area contributed by atoms with Gasteiger partial charge in [-0.2, -0.15) is 0 Å². The van der Waals surface area contributed by atoms with Gasteiger partial charge in [-0.1, -0.05) is 58.4 Å². The number of hydrogen-bond acceptors (Lipinski definition) is 4. The number of carbonyl (C=O) groups is 3. The fraction of sp³-hybridized carbons (Fsp3) is 0.571. The van der Waals surface area contributed by atoms with Crippen LogP contribution in [0.25, 0.3) is 0 Å². The summed E-state index contributed by atoms with van der Waals surface area (Å²) >= 11 is 0. The minimum Gasteiger partial charge on any atom is -0.464 e. The Morgan fingerprint density at radius 3 is 2.33 bits per heavy atom. The quantitative estimate of drug-likeness (QED) is 0.470. The van der Waals surface area contributed by atoms with Gasteiger partial charge < -0.3 is 10.1 Å². The predicted octanol–water partition coefficient (Wildman–Crippen LogP) is 3.48. The monoisotopic (exact) mass is 374 g/mol. The van der Waals surface area contributed by atoms with Crippen molar-refractivity contribution in [3.63, 3.8) is 0 Å². The highest BCUT2D eigenvalue weighted by molar-refractivity contribution is 6.09. The van der Waals surface area contributed by atoms with Gasteiger partial charge in [0.15, 0.2) is 0 Å². The van der Waals surface area contributed by atoms with Gasteiger partial charge in [-0.05, 0) is 36.8 Å². The third-order valence-corrected chi connectivity index (χ3v) is 5.02. The summed E-state index contributed by atoms with van der Waals surface area (Å²) in [6.07, 6.45) is 1.64. The first kappa shape index (κ1) is 20.9. The van der Waals surface area contributed by atoms with Crippen molar-refractivity contribution in [2.24, 2.45) is 0 Å². The van der Waals surface area contributed by atoms with Crippen molar-refractivity contribution < 1.29 is 19.1 Å². The average Bonchev–Trinajstić information content (AvgIpc) is 2.83. The first-order valence-electron chi connectivity index (χ1n) is 9.46. The molecule has 2 atom stereocenters. The SMILES string of the molecule is CCCCOC(=O)C(C)N1C(=O)NC(C)(c2ccc(C(C)(C)C)cc2)C1=O. The first-order valence-corrected chi connectivity index (χ1v) is 9.46. The van der Waals surface area contributed by atoms with Gasteiger partial charge in [-0.15, -0.1) is 0 Å². The Labute approximate surface area is 161 Å². The third-order valence-electron chi connectivity index (χ3n) is 5.02. The zero-order chi connectivity index (χ0) is 20.4. The van der Waals surface area contributed by atoms with E-state index in [9.17, 15) is 14.4 Å². The summed E-state index contributed by atoms with van der Waals surface area (Å²) < 4.78 is 5.17. The van der Waals surface area contributed by atoms with Crippen LogP contribution in [0.3, 0.4) is 0 Å². The van der Waals surface area contributed by atoms with Crippen LogP contribution in [0.4, 0.5) is 4.79 Å². The molecule has 6 heteroatoms. The second-order valence-electron chi connectivity index (χ2n) is 8.25. The Kier molecular flexibility index (Phi) is 5.97. The van der Waals surface area contributed by atoms with Crippen molar-refractivity contribution in [1.82, 2.24) is 10.2 Å². The molecule has 1 aliphatic heterocycles. The molecular weight excluding hydrogens is 344 g/mol. The van der Waals surface area contributed by atoms with Gasteiger partial charge in [0, 0.05) is 0 Å². The molecular formula is C21H30N2O4. The lowest BCUT2D eigenvalue weighted by Crippen LogP contribution is -2.46. The lowest BCUT2D eigenvalue weighted by atomic mass is 9.84. The maximum atomic E-state index is 13.0. The number of imide groups is 1. The maximum absolute atomic E-state index is 13.0. The highest BCUT2D eigenvalue weighted by atomic mass is 16.5. The molecule has 1 aromatic carbocycles. The van der Waals surface area contributed by atoms with Crippen molar-refractivity contribution in [3.8, 4) is 0 Å². The van der Waals surface area contributed by atoms with Crippen LogP contribution in [0.1, 0.15) is 65.5 Å². The molecule has 0 saturated carbocycles. The van der Waals surface area contributed by atoms with Crippen LogP contribution in [0.15, 0.2) is 24.3 Å². The molecule has 0 bridgehead atoms. The molecule has 0 radical (unpaired) electrons. The number of hydrogen-bond donors (Lipinski definition) is 1. The Bertz CT molecular complexity index is 721. The molecule has 0 spiro atoms. The summed E-state index contributed by atoms with van der Waals surface area (Å²) in [6, 6.07) is 6.09. The normalized spacial score (nSPS) is 21.2. The van der Waals surface area contributed by atoms with E-state index in [1.165, 1.54) is 6.92 Å². The molecule has 1 aromatic rings. The lowest BCUT2D eigenvalue weighted by molar-refractivity contribution is -0.152. The van der Waals surface area contributed by atoms with Gasteiger partial charge in [0.1, 0.15) is 11.6 Å². The smallest absolute Gasteiger partial charge is 0.329 e. The molecule has 3 amide bonds. The number of esters is 1. The van der Waals surface area contributed by atoms with Crippen LogP contribution in [0.2, 0.25) is 0 Å². The lowest BCUT2D eigenvalue weighted by Gasteiger charge is -2.25. The standard InChI is InChI=1S/C21H30N2O4/c1-7-8-13-27-17(24)14(2)23-18(25)21(6,22-19(23)26)16-11-9-15(10-12-16)20(3,4)5/h9-12,14H,7-8,13H2,1-6H3,(H,22,26). The number of unbranched alkanes of at least 4 members (excludes halogenated alkanes) is 1. The first-order chi connectivity index (χ1) is 12.5. The molecule has 1 N–H and O–H groups in total. The predicted molar refractivity (Wildman–Crippen MR) is 103 cm³/mol. The van der Waals surface area contributed by atoms with Gasteiger partial charge in [-0.3, -0.25) is 4.79 Å². The van der Waals surface area contributed by atoms with Crippen LogP contribution in [-0.4, -0.2) is 35.5 Å². The number of carbonyl (C=O) groups excluding carboxylic acids is 3. The molecule has 2 unspecified atom stereocenters. The Hall–Kier alpha value is -2.37. The molecule has 0 aliphatic carbocycles. The van der Waals surface area contributed by atoms with E-state index in [-0.39, 0.29) is 12.0 Å². The van der Waals surface area contributed by atoms with E-state index in [0.29, 0.717) is 5.56 Å². The number of nitrogens with one attached hydrogen (secondary N) is 1. The molecule has 1 heterocycles. The van der Waals surface area contributed by atoms with Crippen LogP contribution in [0, 0.1) is 0 Å². The summed E-state index contributed by atoms with van der Waals surface area (Å²) in [5, 5.41) is 2.74. The third kappa shape index (κ3) is 4.15. The molecule has 27 heavy (non-hydrogen) atoms.